The average molecular weight is 208 g/mol. The van der Waals surface area contributed by atoms with Crippen molar-refractivity contribution in [2.75, 3.05) is 14.1 Å². The molecule has 0 radical (unpaired) electrons. The molecule has 0 aliphatic carbocycles. The van der Waals surface area contributed by atoms with Gasteiger partial charge in [0, 0.05) is 25.7 Å². The molecule has 2 aromatic rings. The first-order valence-corrected chi connectivity index (χ1v) is 5.30. The molecule has 74 valence electrons. The van der Waals surface area contributed by atoms with E-state index in [-0.39, 0.29) is 5.91 Å². The van der Waals surface area contributed by atoms with E-state index in [1.807, 2.05) is 11.6 Å². The number of H-pyrrole nitrogens is 1. The van der Waals surface area contributed by atoms with Crippen molar-refractivity contribution in [2.24, 2.45) is 0 Å². The summed E-state index contributed by atoms with van der Waals surface area (Å²) in [5.41, 5.74) is 1.08. The van der Waals surface area contributed by atoms with Gasteiger partial charge in [-0.2, -0.15) is 0 Å². The summed E-state index contributed by atoms with van der Waals surface area (Å²) in [7, 11) is 3.56. The fourth-order valence-electron chi connectivity index (χ4n) is 1.37. The minimum atomic E-state index is 0.136. The zero-order chi connectivity index (χ0) is 10.1. The van der Waals surface area contributed by atoms with Crippen LogP contribution in [-0.4, -0.2) is 29.9 Å². The SMILES string of the molecule is CN(C)C(=O)Cc1c[nH]c2sccc12. The number of aromatic nitrogens is 1. The number of nitrogens with zero attached hydrogens (tertiary/aromatic N) is 1. The van der Waals surface area contributed by atoms with E-state index in [1.165, 1.54) is 5.39 Å². The first kappa shape index (κ1) is 9.27. The largest absolute Gasteiger partial charge is 0.353 e. The summed E-state index contributed by atoms with van der Waals surface area (Å²) in [6.45, 7) is 0. The molecule has 0 spiro atoms. The summed E-state index contributed by atoms with van der Waals surface area (Å²) < 4.78 is 0. The van der Waals surface area contributed by atoms with Crippen LogP contribution in [0.25, 0.3) is 10.2 Å². The summed E-state index contributed by atoms with van der Waals surface area (Å²) in [6.07, 6.45) is 2.40. The Labute approximate surface area is 86.3 Å². The number of amides is 1. The van der Waals surface area contributed by atoms with Crippen LogP contribution in [0.4, 0.5) is 0 Å². The quantitative estimate of drug-likeness (QED) is 0.803. The molecule has 14 heavy (non-hydrogen) atoms. The maximum absolute atomic E-state index is 11.5. The van der Waals surface area contributed by atoms with Gasteiger partial charge in [-0.3, -0.25) is 4.79 Å². The zero-order valence-electron chi connectivity index (χ0n) is 8.20. The monoisotopic (exact) mass is 208 g/mol. The smallest absolute Gasteiger partial charge is 0.226 e. The number of fused-ring (bicyclic) bond motifs is 1. The van der Waals surface area contributed by atoms with E-state index in [0.717, 1.165) is 10.4 Å². The van der Waals surface area contributed by atoms with Crippen molar-refractivity contribution in [3.63, 3.8) is 0 Å². The van der Waals surface area contributed by atoms with E-state index < -0.39 is 0 Å². The second kappa shape index (κ2) is 3.46. The molecule has 0 saturated heterocycles. The highest BCUT2D eigenvalue weighted by Gasteiger charge is 2.10. The van der Waals surface area contributed by atoms with Gasteiger partial charge >= 0.3 is 0 Å². The molecule has 0 aliphatic rings. The summed E-state index contributed by atoms with van der Waals surface area (Å²) in [4.78, 5) is 17.4. The standard InChI is InChI=1S/C10H12N2OS/c1-12(2)9(13)5-7-6-11-10-8(7)3-4-14-10/h3-4,6,11H,5H2,1-2H3. The Morgan fingerprint density at radius 1 is 1.57 bits per heavy atom. The highest BCUT2D eigenvalue weighted by atomic mass is 32.1. The number of thiophene rings is 1. The van der Waals surface area contributed by atoms with Gasteiger partial charge in [-0.15, -0.1) is 11.3 Å². The minimum absolute atomic E-state index is 0.136. The highest BCUT2D eigenvalue weighted by molar-refractivity contribution is 7.16. The van der Waals surface area contributed by atoms with Gasteiger partial charge in [0.25, 0.3) is 0 Å². The second-order valence-corrected chi connectivity index (χ2v) is 4.36. The summed E-state index contributed by atoms with van der Waals surface area (Å²) in [6, 6.07) is 2.05. The molecule has 0 aliphatic heterocycles. The lowest BCUT2D eigenvalue weighted by atomic mass is 10.2. The molecule has 0 unspecified atom stereocenters. The van der Waals surface area contributed by atoms with Crippen molar-refractivity contribution < 1.29 is 4.79 Å². The van der Waals surface area contributed by atoms with Gasteiger partial charge in [0.2, 0.25) is 5.91 Å². The number of hydrogen-bond acceptors (Lipinski definition) is 2. The normalized spacial score (nSPS) is 10.7. The van der Waals surface area contributed by atoms with Crippen LogP contribution in [0.3, 0.4) is 0 Å². The molecule has 0 fully saturated rings. The number of rotatable bonds is 2. The number of likely N-dealkylation sites (N-methyl/N-ethyl adjacent to an activating group) is 1. The predicted molar refractivity (Wildman–Crippen MR) is 58.6 cm³/mol. The van der Waals surface area contributed by atoms with Crippen LogP contribution in [0.15, 0.2) is 17.6 Å². The number of carbonyl (C=O) groups is 1. The molecule has 1 amide bonds. The molecule has 2 rings (SSSR count). The van der Waals surface area contributed by atoms with Crippen LogP contribution >= 0.6 is 11.3 Å². The molecule has 4 heteroatoms. The van der Waals surface area contributed by atoms with Crippen LogP contribution in [-0.2, 0) is 11.2 Å². The Bertz CT molecular complexity index is 455. The van der Waals surface area contributed by atoms with Gasteiger partial charge < -0.3 is 9.88 Å². The van der Waals surface area contributed by atoms with Gasteiger partial charge in [0.15, 0.2) is 0 Å². The lowest BCUT2D eigenvalue weighted by molar-refractivity contribution is -0.127. The predicted octanol–water partition coefficient (Wildman–Crippen LogP) is 1.86. The molecular formula is C10H12N2OS. The van der Waals surface area contributed by atoms with Crippen LogP contribution in [0.1, 0.15) is 5.56 Å². The fraction of sp³-hybridized carbons (Fsp3) is 0.300. The van der Waals surface area contributed by atoms with Crippen molar-refractivity contribution in [1.82, 2.24) is 9.88 Å². The van der Waals surface area contributed by atoms with Gasteiger partial charge in [-0.25, -0.2) is 0 Å². The molecule has 2 aromatic heterocycles. The molecule has 1 N–H and O–H groups in total. The third-order valence-corrected chi connectivity index (χ3v) is 3.07. The van der Waals surface area contributed by atoms with E-state index in [2.05, 4.69) is 11.1 Å². The van der Waals surface area contributed by atoms with Gasteiger partial charge in [-0.05, 0) is 17.0 Å². The second-order valence-electron chi connectivity index (χ2n) is 3.44. The topological polar surface area (TPSA) is 36.1 Å². The first-order valence-electron chi connectivity index (χ1n) is 4.42. The van der Waals surface area contributed by atoms with E-state index >= 15 is 0 Å². The lowest BCUT2D eigenvalue weighted by Crippen LogP contribution is -2.23. The Hall–Kier alpha value is -1.29. The molecule has 0 aromatic carbocycles. The van der Waals surface area contributed by atoms with Crippen LogP contribution in [0, 0.1) is 0 Å². The third kappa shape index (κ3) is 1.53. The average Bonchev–Trinajstić information content (AvgIpc) is 2.69. The Balaban J connectivity index is 2.27. The number of carbonyl (C=O) groups excluding carboxylic acids is 1. The van der Waals surface area contributed by atoms with Gasteiger partial charge in [0.1, 0.15) is 0 Å². The number of nitrogens with one attached hydrogen (secondary N) is 1. The van der Waals surface area contributed by atoms with Crippen molar-refractivity contribution in [1.29, 1.82) is 0 Å². The summed E-state index contributed by atoms with van der Waals surface area (Å²) in [5.74, 6) is 0.136. The maximum atomic E-state index is 11.5. The van der Waals surface area contributed by atoms with Gasteiger partial charge in [0.05, 0.1) is 11.3 Å². The van der Waals surface area contributed by atoms with Gasteiger partial charge in [-0.1, -0.05) is 0 Å². The Kier molecular flexibility index (Phi) is 2.29. The highest BCUT2D eigenvalue weighted by Crippen LogP contribution is 2.23. The third-order valence-electron chi connectivity index (χ3n) is 2.23. The lowest BCUT2D eigenvalue weighted by Gasteiger charge is -2.08. The number of hydrogen-bond donors (Lipinski definition) is 1. The summed E-state index contributed by atoms with van der Waals surface area (Å²) in [5, 5.41) is 3.20. The van der Waals surface area contributed by atoms with Crippen molar-refractivity contribution in [2.45, 2.75) is 6.42 Å². The zero-order valence-corrected chi connectivity index (χ0v) is 9.02. The van der Waals surface area contributed by atoms with Crippen LogP contribution in [0.2, 0.25) is 0 Å². The molecular weight excluding hydrogens is 196 g/mol. The Morgan fingerprint density at radius 2 is 2.36 bits per heavy atom. The number of aromatic amines is 1. The van der Waals surface area contributed by atoms with Crippen molar-refractivity contribution in [3.05, 3.63) is 23.2 Å². The maximum Gasteiger partial charge on any atom is 0.226 e. The summed E-state index contributed by atoms with van der Waals surface area (Å²) >= 11 is 1.66. The van der Waals surface area contributed by atoms with E-state index in [1.54, 1.807) is 30.3 Å². The first-order chi connectivity index (χ1) is 6.68. The van der Waals surface area contributed by atoms with E-state index in [4.69, 9.17) is 0 Å². The van der Waals surface area contributed by atoms with E-state index in [0.29, 0.717) is 6.42 Å². The van der Waals surface area contributed by atoms with Crippen LogP contribution in [0.5, 0.6) is 0 Å². The van der Waals surface area contributed by atoms with Crippen LogP contribution < -0.4 is 0 Å². The molecule has 0 atom stereocenters. The van der Waals surface area contributed by atoms with E-state index in [9.17, 15) is 4.79 Å². The molecule has 0 saturated carbocycles. The molecule has 0 bridgehead atoms. The molecule has 3 nitrogen and oxygen atoms in total. The minimum Gasteiger partial charge on any atom is -0.353 e. The van der Waals surface area contributed by atoms with Crippen molar-refractivity contribution >= 4 is 27.5 Å². The molecule has 2 heterocycles. The van der Waals surface area contributed by atoms with Crippen molar-refractivity contribution in [3.8, 4) is 0 Å². The Morgan fingerprint density at radius 3 is 3.07 bits per heavy atom. The fourth-order valence-corrected chi connectivity index (χ4v) is 2.16.